The number of aromatic amines is 1. The van der Waals surface area contributed by atoms with Crippen LogP contribution in [0.25, 0.3) is 0 Å². The summed E-state index contributed by atoms with van der Waals surface area (Å²) in [5.41, 5.74) is -0.680. The largest absolute Gasteiger partial charge is 0.480 e. The molecule has 9 heteroatoms. The van der Waals surface area contributed by atoms with E-state index in [0.717, 1.165) is 0 Å². The number of nitrogens with one attached hydrogen (secondary N) is 2. The van der Waals surface area contributed by atoms with Gasteiger partial charge in [-0.1, -0.05) is 5.21 Å². The molecule has 1 rings (SSSR count). The van der Waals surface area contributed by atoms with Gasteiger partial charge in [-0.3, -0.25) is 0 Å². The summed E-state index contributed by atoms with van der Waals surface area (Å²) in [4.78, 5) is 22.5. The van der Waals surface area contributed by atoms with Crippen molar-refractivity contribution in [3.8, 4) is 0 Å². The standard InChI is InChI=1S/C10H17N5O4/c1-10(2,3)19-9(18)11-6(8(16)17)4-5-7-12-14-15-13-7/h6H,4-5H2,1-3H3,(H,11,18)(H,16,17)(H,12,13,14,15). The van der Waals surface area contributed by atoms with E-state index >= 15 is 0 Å². The van der Waals surface area contributed by atoms with Crippen LogP contribution in [0.15, 0.2) is 0 Å². The van der Waals surface area contributed by atoms with E-state index in [1.807, 2.05) is 0 Å². The summed E-state index contributed by atoms with van der Waals surface area (Å²) in [6.45, 7) is 5.09. The number of tetrazole rings is 1. The second-order valence-corrected chi connectivity index (χ2v) is 4.90. The number of ether oxygens (including phenoxy) is 1. The molecule has 1 amide bonds. The molecular weight excluding hydrogens is 254 g/mol. The van der Waals surface area contributed by atoms with E-state index in [1.54, 1.807) is 20.8 Å². The second-order valence-electron chi connectivity index (χ2n) is 4.90. The molecule has 1 atom stereocenters. The van der Waals surface area contributed by atoms with E-state index in [2.05, 4.69) is 25.9 Å². The Morgan fingerprint density at radius 2 is 2.16 bits per heavy atom. The van der Waals surface area contributed by atoms with Crippen molar-refractivity contribution in [2.75, 3.05) is 0 Å². The van der Waals surface area contributed by atoms with Crippen molar-refractivity contribution in [1.29, 1.82) is 0 Å². The monoisotopic (exact) mass is 271 g/mol. The van der Waals surface area contributed by atoms with Gasteiger partial charge in [0.15, 0.2) is 5.82 Å². The molecular formula is C10H17N5O4. The Morgan fingerprint density at radius 1 is 1.47 bits per heavy atom. The van der Waals surface area contributed by atoms with Crippen LogP contribution >= 0.6 is 0 Å². The molecule has 0 bridgehead atoms. The van der Waals surface area contributed by atoms with E-state index in [1.165, 1.54) is 0 Å². The van der Waals surface area contributed by atoms with Crippen LogP contribution in [0.4, 0.5) is 4.79 Å². The van der Waals surface area contributed by atoms with Crippen LogP contribution in [0.2, 0.25) is 0 Å². The first-order valence-corrected chi connectivity index (χ1v) is 5.72. The Kier molecular flexibility index (Phi) is 4.79. The molecule has 1 unspecified atom stereocenters. The van der Waals surface area contributed by atoms with Crippen LogP contribution in [-0.2, 0) is 16.0 Å². The zero-order chi connectivity index (χ0) is 14.5. The first-order valence-electron chi connectivity index (χ1n) is 5.72. The van der Waals surface area contributed by atoms with Crippen LogP contribution in [0.5, 0.6) is 0 Å². The lowest BCUT2D eigenvalue weighted by Gasteiger charge is -2.21. The van der Waals surface area contributed by atoms with Crippen LogP contribution in [-0.4, -0.2) is 49.4 Å². The minimum Gasteiger partial charge on any atom is -0.480 e. The van der Waals surface area contributed by atoms with Crippen molar-refractivity contribution in [3.05, 3.63) is 5.82 Å². The number of amides is 1. The number of carboxylic acids is 1. The third kappa shape index (κ3) is 5.80. The highest BCUT2D eigenvalue weighted by atomic mass is 16.6. The van der Waals surface area contributed by atoms with Crippen LogP contribution < -0.4 is 5.32 Å². The van der Waals surface area contributed by atoms with E-state index in [4.69, 9.17) is 9.84 Å². The molecule has 0 saturated carbocycles. The summed E-state index contributed by atoms with van der Waals surface area (Å²) in [6, 6.07) is -1.06. The molecule has 0 saturated heterocycles. The van der Waals surface area contributed by atoms with Gasteiger partial charge in [-0.2, -0.15) is 5.21 Å². The zero-order valence-electron chi connectivity index (χ0n) is 11.0. The lowest BCUT2D eigenvalue weighted by atomic mass is 10.1. The van der Waals surface area contributed by atoms with E-state index in [9.17, 15) is 9.59 Å². The van der Waals surface area contributed by atoms with Crippen molar-refractivity contribution in [3.63, 3.8) is 0 Å². The molecule has 1 aromatic rings. The molecule has 0 spiro atoms. The zero-order valence-corrected chi connectivity index (χ0v) is 11.0. The van der Waals surface area contributed by atoms with E-state index < -0.39 is 23.7 Å². The van der Waals surface area contributed by atoms with Gasteiger partial charge in [0.05, 0.1) is 0 Å². The molecule has 0 fully saturated rings. The number of carbonyl (C=O) groups excluding carboxylic acids is 1. The fourth-order valence-electron chi connectivity index (χ4n) is 1.27. The van der Waals surface area contributed by atoms with Crippen molar-refractivity contribution in [2.24, 2.45) is 0 Å². The second kappa shape index (κ2) is 6.12. The molecule has 106 valence electrons. The first kappa shape index (κ1) is 14.9. The Morgan fingerprint density at radius 3 is 2.63 bits per heavy atom. The van der Waals surface area contributed by atoms with Gasteiger partial charge in [0.25, 0.3) is 0 Å². The number of H-pyrrole nitrogens is 1. The van der Waals surface area contributed by atoms with Crippen molar-refractivity contribution in [1.82, 2.24) is 25.9 Å². The minimum atomic E-state index is -1.14. The maximum atomic E-state index is 11.5. The number of carbonyl (C=O) groups is 2. The summed E-state index contributed by atoms with van der Waals surface area (Å²) in [5, 5.41) is 24.3. The van der Waals surface area contributed by atoms with Gasteiger partial charge in [-0.15, -0.1) is 10.2 Å². The van der Waals surface area contributed by atoms with E-state index in [-0.39, 0.29) is 12.8 Å². The van der Waals surface area contributed by atoms with Gasteiger partial charge < -0.3 is 15.2 Å². The molecule has 1 aromatic heterocycles. The molecule has 0 aliphatic heterocycles. The number of carboxylic acid groups (broad SMARTS) is 1. The van der Waals surface area contributed by atoms with Crippen molar-refractivity contribution in [2.45, 2.75) is 45.3 Å². The van der Waals surface area contributed by atoms with Gasteiger partial charge in [-0.25, -0.2) is 9.59 Å². The van der Waals surface area contributed by atoms with Gasteiger partial charge >= 0.3 is 12.1 Å². The highest BCUT2D eigenvalue weighted by Gasteiger charge is 2.24. The normalized spacial score (nSPS) is 12.8. The Bertz CT molecular complexity index is 426. The average Bonchev–Trinajstić information content (AvgIpc) is 2.73. The maximum absolute atomic E-state index is 11.5. The molecule has 9 nitrogen and oxygen atoms in total. The predicted octanol–water partition coefficient (Wildman–Crippen LogP) is 0.110. The summed E-state index contributed by atoms with van der Waals surface area (Å²) in [7, 11) is 0. The van der Waals surface area contributed by atoms with Crippen LogP contribution in [0.1, 0.15) is 33.0 Å². The van der Waals surface area contributed by atoms with Gasteiger partial charge in [0, 0.05) is 6.42 Å². The number of alkyl carbamates (subject to hydrolysis) is 1. The fraction of sp³-hybridized carbons (Fsp3) is 0.700. The number of rotatable bonds is 5. The van der Waals surface area contributed by atoms with Crippen molar-refractivity contribution < 1.29 is 19.4 Å². The lowest BCUT2D eigenvalue weighted by Crippen LogP contribution is -2.43. The topological polar surface area (TPSA) is 130 Å². The Labute approximate surface area is 109 Å². The number of aryl methyl sites for hydroxylation is 1. The molecule has 3 N–H and O–H groups in total. The SMILES string of the molecule is CC(C)(C)OC(=O)NC(CCc1nn[nH]n1)C(=O)O. The molecule has 0 aliphatic carbocycles. The highest BCUT2D eigenvalue weighted by molar-refractivity contribution is 5.79. The number of nitrogens with zero attached hydrogens (tertiary/aromatic N) is 3. The fourth-order valence-corrected chi connectivity index (χ4v) is 1.27. The molecule has 1 heterocycles. The van der Waals surface area contributed by atoms with Gasteiger partial charge in [0.2, 0.25) is 0 Å². The summed E-state index contributed by atoms with van der Waals surface area (Å²) in [5.74, 6) is -0.758. The van der Waals surface area contributed by atoms with Gasteiger partial charge in [-0.05, 0) is 27.2 Å². The summed E-state index contributed by atoms with van der Waals surface area (Å²) in [6.07, 6.45) is -0.342. The smallest absolute Gasteiger partial charge is 0.408 e. The number of hydrogen-bond acceptors (Lipinski definition) is 6. The highest BCUT2D eigenvalue weighted by Crippen LogP contribution is 2.07. The van der Waals surface area contributed by atoms with E-state index in [0.29, 0.717) is 5.82 Å². The quantitative estimate of drug-likeness (QED) is 0.692. The summed E-state index contributed by atoms with van der Waals surface area (Å²) >= 11 is 0. The first-order chi connectivity index (χ1) is 8.78. The predicted molar refractivity (Wildman–Crippen MR) is 63.3 cm³/mol. The van der Waals surface area contributed by atoms with Crippen LogP contribution in [0.3, 0.4) is 0 Å². The third-order valence-electron chi connectivity index (χ3n) is 2.03. The number of aromatic nitrogens is 4. The Hall–Kier alpha value is -2.19. The number of hydrogen-bond donors (Lipinski definition) is 3. The summed E-state index contributed by atoms with van der Waals surface area (Å²) < 4.78 is 4.99. The van der Waals surface area contributed by atoms with Crippen LogP contribution in [0, 0.1) is 0 Å². The molecule has 19 heavy (non-hydrogen) atoms. The maximum Gasteiger partial charge on any atom is 0.408 e. The minimum absolute atomic E-state index is 0.147. The number of aliphatic carboxylic acids is 1. The van der Waals surface area contributed by atoms with Crippen molar-refractivity contribution >= 4 is 12.1 Å². The lowest BCUT2D eigenvalue weighted by molar-refractivity contribution is -0.139. The molecule has 0 aliphatic rings. The molecule has 0 aromatic carbocycles. The van der Waals surface area contributed by atoms with Gasteiger partial charge in [0.1, 0.15) is 11.6 Å². The third-order valence-corrected chi connectivity index (χ3v) is 2.03. The average molecular weight is 271 g/mol. The molecule has 0 radical (unpaired) electrons. The Balaban J connectivity index is 2.49.